The molecular weight excluding hydrogens is 178 g/mol. The lowest BCUT2D eigenvalue weighted by Crippen LogP contribution is -2.35. The highest BCUT2D eigenvalue weighted by molar-refractivity contribution is 5.08. The molecule has 3 nitrogen and oxygen atoms in total. The van der Waals surface area contributed by atoms with Crippen LogP contribution < -0.4 is 5.73 Å². The largest absolute Gasteiger partial charge is 0.472 e. The molecule has 1 saturated heterocycles. The second kappa shape index (κ2) is 4.15. The molecule has 0 bridgehead atoms. The summed E-state index contributed by atoms with van der Waals surface area (Å²) in [5.74, 6) is 0.491. The minimum Gasteiger partial charge on any atom is -0.472 e. The lowest BCUT2D eigenvalue weighted by molar-refractivity contribution is 0.0995. The highest BCUT2D eigenvalue weighted by Crippen LogP contribution is 2.24. The van der Waals surface area contributed by atoms with Crippen molar-refractivity contribution in [2.75, 3.05) is 6.61 Å². The molecule has 1 aliphatic rings. The third-order valence-corrected chi connectivity index (χ3v) is 3.04. The fourth-order valence-electron chi connectivity index (χ4n) is 2.14. The Labute approximate surface area is 84.2 Å². The van der Waals surface area contributed by atoms with E-state index in [0.717, 1.165) is 19.4 Å². The van der Waals surface area contributed by atoms with Crippen molar-refractivity contribution in [2.24, 2.45) is 11.7 Å². The second-order valence-corrected chi connectivity index (χ2v) is 4.03. The van der Waals surface area contributed by atoms with E-state index in [0.29, 0.717) is 12.0 Å². The summed E-state index contributed by atoms with van der Waals surface area (Å²) in [6.07, 6.45) is 5.73. The minimum atomic E-state index is 0.185. The number of nitrogens with two attached hydrogens (primary N) is 1. The van der Waals surface area contributed by atoms with Gasteiger partial charge in [-0.15, -0.1) is 0 Å². The summed E-state index contributed by atoms with van der Waals surface area (Å²) < 4.78 is 10.5. The standard InChI is InChI=1S/C11H17NO2/c1-8-10(3-5-14-8)11(12)6-9-2-4-13-7-9/h2,4,7-8,10-11H,3,5-6,12H2,1H3. The van der Waals surface area contributed by atoms with E-state index in [2.05, 4.69) is 6.92 Å². The normalized spacial score (nSPS) is 29.3. The van der Waals surface area contributed by atoms with Crippen molar-refractivity contribution in [1.29, 1.82) is 0 Å². The van der Waals surface area contributed by atoms with Crippen LogP contribution in [0.3, 0.4) is 0 Å². The summed E-state index contributed by atoms with van der Waals surface area (Å²) in [7, 11) is 0. The molecule has 2 N–H and O–H groups in total. The molecule has 0 saturated carbocycles. The van der Waals surface area contributed by atoms with Gasteiger partial charge in [-0.3, -0.25) is 0 Å². The van der Waals surface area contributed by atoms with Crippen LogP contribution in [0.15, 0.2) is 23.0 Å². The topological polar surface area (TPSA) is 48.4 Å². The maximum Gasteiger partial charge on any atom is 0.0935 e. The van der Waals surface area contributed by atoms with E-state index < -0.39 is 0 Å². The lowest BCUT2D eigenvalue weighted by atomic mass is 9.90. The van der Waals surface area contributed by atoms with Crippen LogP contribution in [0.5, 0.6) is 0 Å². The molecule has 3 unspecified atom stereocenters. The van der Waals surface area contributed by atoms with Crippen LogP contribution in [-0.4, -0.2) is 18.8 Å². The average Bonchev–Trinajstić information content (AvgIpc) is 2.75. The van der Waals surface area contributed by atoms with Gasteiger partial charge in [0.25, 0.3) is 0 Å². The molecule has 2 heterocycles. The molecule has 3 heteroatoms. The Balaban J connectivity index is 1.92. The van der Waals surface area contributed by atoms with Crippen LogP contribution in [0.1, 0.15) is 18.9 Å². The van der Waals surface area contributed by atoms with Gasteiger partial charge < -0.3 is 14.9 Å². The third kappa shape index (κ3) is 1.99. The zero-order chi connectivity index (χ0) is 9.97. The molecular formula is C11H17NO2. The van der Waals surface area contributed by atoms with Crippen molar-refractivity contribution in [3.05, 3.63) is 24.2 Å². The minimum absolute atomic E-state index is 0.185. The van der Waals surface area contributed by atoms with E-state index in [1.54, 1.807) is 12.5 Å². The van der Waals surface area contributed by atoms with Crippen LogP contribution in [0.25, 0.3) is 0 Å². The summed E-state index contributed by atoms with van der Waals surface area (Å²) >= 11 is 0. The van der Waals surface area contributed by atoms with Gasteiger partial charge in [-0.1, -0.05) is 0 Å². The third-order valence-electron chi connectivity index (χ3n) is 3.04. The average molecular weight is 195 g/mol. The molecule has 0 aliphatic carbocycles. The Hall–Kier alpha value is -0.800. The number of rotatable bonds is 3. The first-order valence-corrected chi connectivity index (χ1v) is 5.15. The van der Waals surface area contributed by atoms with Gasteiger partial charge in [0.2, 0.25) is 0 Å². The summed E-state index contributed by atoms with van der Waals surface area (Å²) in [4.78, 5) is 0. The molecule has 0 amide bonds. The fourth-order valence-corrected chi connectivity index (χ4v) is 2.14. The Kier molecular flexibility index (Phi) is 2.89. The van der Waals surface area contributed by atoms with Gasteiger partial charge in [0.1, 0.15) is 0 Å². The van der Waals surface area contributed by atoms with Gasteiger partial charge in [0.05, 0.1) is 18.6 Å². The summed E-state index contributed by atoms with van der Waals surface area (Å²) in [6, 6.07) is 2.16. The first-order valence-electron chi connectivity index (χ1n) is 5.15. The van der Waals surface area contributed by atoms with E-state index in [-0.39, 0.29) is 6.04 Å². The van der Waals surface area contributed by atoms with E-state index in [4.69, 9.17) is 14.9 Å². The SMILES string of the molecule is CC1OCCC1C(N)Cc1ccoc1. The number of hydrogen-bond acceptors (Lipinski definition) is 3. The zero-order valence-corrected chi connectivity index (χ0v) is 8.48. The molecule has 1 fully saturated rings. The molecule has 1 aromatic rings. The summed E-state index contributed by atoms with van der Waals surface area (Å²) in [5, 5.41) is 0. The van der Waals surface area contributed by atoms with Crippen LogP contribution in [-0.2, 0) is 11.2 Å². The number of hydrogen-bond donors (Lipinski definition) is 1. The molecule has 78 valence electrons. The summed E-state index contributed by atoms with van der Waals surface area (Å²) in [6.45, 7) is 2.96. The monoisotopic (exact) mass is 195 g/mol. The quantitative estimate of drug-likeness (QED) is 0.796. The molecule has 1 aromatic heterocycles. The highest BCUT2D eigenvalue weighted by atomic mass is 16.5. The lowest BCUT2D eigenvalue weighted by Gasteiger charge is -2.21. The van der Waals surface area contributed by atoms with Crippen molar-refractivity contribution < 1.29 is 9.15 Å². The van der Waals surface area contributed by atoms with Gasteiger partial charge in [-0.25, -0.2) is 0 Å². The van der Waals surface area contributed by atoms with E-state index in [9.17, 15) is 0 Å². The van der Waals surface area contributed by atoms with Crippen molar-refractivity contribution >= 4 is 0 Å². The first kappa shape index (κ1) is 9.74. The van der Waals surface area contributed by atoms with Crippen LogP contribution >= 0.6 is 0 Å². The molecule has 3 atom stereocenters. The van der Waals surface area contributed by atoms with Crippen molar-refractivity contribution in [3.63, 3.8) is 0 Å². The van der Waals surface area contributed by atoms with Crippen molar-refractivity contribution in [2.45, 2.75) is 31.9 Å². The van der Waals surface area contributed by atoms with Crippen LogP contribution in [0.4, 0.5) is 0 Å². The van der Waals surface area contributed by atoms with E-state index in [1.165, 1.54) is 5.56 Å². The second-order valence-electron chi connectivity index (χ2n) is 4.03. The fraction of sp³-hybridized carbons (Fsp3) is 0.636. The van der Waals surface area contributed by atoms with Gasteiger partial charge in [0, 0.05) is 18.6 Å². The maximum atomic E-state index is 6.14. The van der Waals surface area contributed by atoms with Crippen molar-refractivity contribution in [1.82, 2.24) is 0 Å². The Morgan fingerprint density at radius 2 is 2.50 bits per heavy atom. The maximum absolute atomic E-state index is 6.14. The molecule has 0 spiro atoms. The molecule has 2 rings (SSSR count). The number of ether oxygens (including phenoxy) is 1. The molecule has 0 aromatic carbocycles. The van der Waals surface area contributed by atoms with Crippen LogP contribution in [0.2, 0.25) is 0 Å². The zero-order valence-electron chi connectivity index (χ0n) is 8.48. The van der Waals surface area contributed by atoms with Crippen LogP contribution in [0, 0.1) is 5.92 Å². The van der Waals surface area contributed by atoms with Gasteiger partial charge in [0.15, 0.2) is 0 Å². The predicted octanol–water partition coefficient (Wildman–Crippen LogP) is 1.57. The first-order chi connectivity index (χ1) is 6.77. The van der Waals surface area contributed by atoms with Gasteiger partial charge in [-0.2, -0.15) is 0 Å². The van der Waals surface area contributed by atoms with E-state index in [1.807, 2.05) is 6.07 Å². The molecule has 0 radical (unpaired) electrons. The smallest absolute Gasteiger partial charge is 0.0935 e. The molecule has 1 aliphatic heterocycles. The van der Waals surface area contributed by atoms with E-state index >= 15 is 0 Å². The Bertz CT molecular complexity index is 271. The number of furan rings is 1. The predicted molar refractivity (Wildman–Crippen MR) is 53.9 cm³/mol. The van der Waals surface area contributed by atoms with Gasteiger partial charge in [-0.05, 0) is 31.4 Å². The van der Waals surface area contributed by atoms with Gasteiger partial charge >= 0.3 is 0 Å². The molecule has 14 heavy (non-hydrogen) atoms. The Morgan fingerprint density at radius 3 is 3.07 bits per heavy atom. The summed E-state index contributed by atoms with van der Waals surface area (Å²) in [5.41, 5.74) is 7.32. The van der Waals surface area contributed by atoms with Crippen molar-refractivity contribution in [3.8, 4) is 0 Å². The highest BCUT2D eigenvalue weighted by Gasteiger charge is 2.29. The Morgan fingerprint density at radius 1 is 1.64 bits per heavy atom.